The molecule has 0 bridgehead atoms. The maximum Gasteiger partial charge on any atom is 0.407 e. The van der Waals surface area contributed by atoms with Gasteiger partial charge in [0.25, 0.3) is 0 Å². The first-order valence-corrected chi connectivity index (χ1v) is 3.44. The maximum absolute atomic E-state index is 11.9. The standard InChI is InChI=1S/C6H10ClF3/c1-3-4-5(2,7)6(8,9)10/h3-4H2,1-2H3. The van der Waals surface area contributed by atoms with Crippen molar-refractivity contribution in [2.45, 2.75) is 37.7 Å². The van der Waals surface area contributed by atoms with E-state index in [1.165, 1.54) is 0 Å². The zero-order valence-electron chi connectivity index (χ0n) is 5.93. The summed E-state index contributed by atoms with van der Waals surface area (Å²) in [5.41, 5.74) is 0. The molecular weight excluding hydrogens is 165 g/mol. The predicted octanol–water partition coefficient (Wildman–Crippen LogP) is 3.35. The average Bonchev–Trinajstić information content (AvgIpc) is 1.61. The third-order valence-electron chi connectivity index (χ3n) is 1.31. The first kappa shape index (κ1) is 10.1. The first-order valence-electron chi connectivity index (χ1n) is 3.07. The number of halogens is 4. The highest BCUT2D eigenvalue weighted by Gasteiger charge is 2.48. The number of rotatable bonds is 2. The summed E-state index contributed by atoms with van der Waals surface area (Å²) in [6.45, 7) is 2.67. The summed E-state index contributed by atoms with van der Waals surface area (Å²) in [5.74, 6) is 0. The molecule has 0 aromatic rings. The molecule has 0 spiro atoms. The Hall–Kier alpha value is 0.0800. The summed E-state index contributed by atoms with van der Waals surface area (Å²) >= 11 is 5.19. The second-order valence-electron chi connectivity index (χ2n) is 2.45. The van der Waals surface area contributed by atoms with Crippen molar-refractivity contribution >= 4 is 11.6 Å². The highest BCUT2D eigenvalue weighted by Crippen LogP contribution is 2.38. The molecule has 4 heteroatoms. The molecule has 0 saturated carbocycles. The number of alkyl halides is 4. The molecule has 0 fully saturated rings. The summed E-state index contributed by atoms with van der Waals surface area (Å²) in [6.07, 6.45) is -3.87. The monoisotopic (exact) mass is 174 g/mol. The zero-order chi connectivity index (χ0) is 8.41. The third kappa shape index (κ3) is 2.37. The van der Waals surface area contributed by atoms with E-state index < -0.39 is 11.1 Å². The average molecular weight is 175 g/mol. The van der Waals surface area contributed by atoms with Gasteiger partial charge in [-0.05, 0) is 13.3 Å². The molecule has 0 radical (unpaired) electrons. The van der Waals surface area contributed by atoms with E-state index in [2.05, 4.69) is 0 Å². The second-order valence-corrected chi connectivity index (χ2v) is 3.28. The Morgan fingerprint density at radius 1 is 1.30 bits per heavy atom. The fourth-order valence-corrected chi connectivity index (χ4v) is 0.800. The lowest BCUT2D eigenvalue weighted by Gasteiger charge is -2.24. The summed E-state index contributed by atoms with van der Waals surface area (Å²) in [6, 6.07) is 0. The van der Waals surface area contributed by atoms with Gasteiger partial charge >= 0.3 is 6.18 Å². The van der Waals surface area contributed by atoms with Gasteiger partial charge in [-0.1, -0.05) is 13.3 Å². The lowest BCUT2D eigenvalue weighted by atomic mass is 10.1. The lowest BCUT2D eigenvalue weighted by Crippen LogP contribution is -2.36. The van der Waals surface area contributed by atoms with Crippen LogP contribution in [0, 0.1) is 0 Å². The molecule has 0 aromatic heterocycles. The SMILES string of the molecule is CCCC(C)(Cl)C(F)(F)F. The molecule has 0 nitrogen and oxygen atoms in total. The molecule has 0 heterocycles. The molecule has 62 valence electrons. The van der Waals surface area contributed by atoms with E-state index in [4.69, 9.17) is 11.6 Å². The number of hydrogen-bond donors (Lipinski definition) is 0. The molecule has 0 amide bonds. The van der Waals surface area contributed by atoms with Gasteiger partial charge in [-0.15, -0.1) is 11.6 Å². The molecular formula is C6H10ClF3. The summed E-state index contributed by atoms with van der Waals surface area (Å²) in [4.78, 5) is -2.04. The van der Waals surface area contributed by atoms with E-state index in [1.807, 2.05) is 0 Å². The van der Waals surface area contributed by atoms with E-state index in [9.17, 15) is 13.2 Å². The molecule has 0 aromatic carbocycles. The van der Waals surface area contributed by atoms with Gasteiger partial charge in [0.15, 0.2) is 0 Å². The van der Waals surface area contributed by atoms with Crippen molar-refractivity contribution in [2.75, 3.05) is 0 Å². The van der Waals surface area contributed by atoms with E-state index in [0.29, 0.717) is 6.42 Å². The maximum atomic E-state index is 11.9. The van der Waals surface area contributed by atoms with Gasteiger partial charge in [-0.2, -0.15) is 13.2 Å². The molecule has 1 unspecified atom stereocenters. The normalized spacial score (nSPS) is 18.6. The Morgan fingerprint density at radius 3 is 1.80 bits per heavy atom. The largest absolute Gasteiger partial charge is 0.407 e. The Balaban J connectivity index is 4.10. The third-order valence-corrected chi connectivity index (χ3v) is 1.71. The molecule has 0 rings (SSSR count). The van der Waals surface area contributed by atoms with Crippen LogP contribution in [0.4, 0.5) is 13.2 Å². The van der Waals surface area contributed by atoms with E-state index >= 15 is 0 Å². The molecule has 0 N–H and O–H groups in total. The minimum absolute atomic E-state index is 0.0297. The highest BCUT2D eigenvalue weighted by atomic mass is 35.5. The van der Waals surface area contributed by atoms with Crippen molar-refractivity contribution in [3.05, 3.63) is 0 Å². The van der Waals surface area contributed by atoms with Crippen molar-refractivity contribution in [1.82, 2.24) is 0 Å². The molecule has 1 atom stereocenters. The van der Waals surface area contributed by atoms with Crippen LogP contribution in [0.3, 0.4) is 0 Å². The van der Waals surface area contributed by atoms with Crippen molar-refractivity contribution < 1.29 is 13.2 Å². The van der Waals surface area contributed by atoms with Crippen LogP contribution >= 0.6 is 11.6 Å². The van der Waals surface area contributed by atoms with Crippen LogP contribution in [0.2, 0.25) is 0 Å². The van der Waals surface area contributed by atoms with Crippen LogP contribution in [0.1, 0.15) is 26.7 Å². The van der Waals surface area contributed by atoms with Crippen LogP contribution in [0.5, 0.6) is 0 Å². The topological polar surface area (TPSA) is 0 Å². The molecule has 0 aliphatic carbocycles. The predicted molar refractivity (Wildman–Crippen MR) is 35.2 cm³/mol. The van der Waals surface area contributed by atoms with E-state index in [1.54, 1.807) is 6.92 Å². The highest BCUT2D eigenvalue weighted by molar-refractivity contribution is 6.24. The molecule has 0 saturated heterocycles. The van der Waals surface area contributed by atoms with Crippen LogP contribution in [0.15, 0.2) is 0 Å². The van der Waals surface area contributed by atoms with Crippen molar-refractivity contribution in [3.63, 3.8) is 0 Å². The van der Waals surface area contributed by atoms with Crippen molar-refractivity contribution in [3.8, 4) is 0 Å². The summed E-state index contributed by atoms with van der Waals surface area (Å²) in [7, 11) is 0. The van der Waals surface area contributed by atoms with Gasteiger partial charge in [-0.25, -0.2) is 0 Å². The van der Waals surface area contributed by atoms with Crippen LogP contribution in [-0.2, 0) is 0 Å². The van der Waals surface area contributed by atoms with Crippen LogP contribution < -0.4 is 0 Å². The van der Waals surface area contributed by atoms with Gasteiger partial charge < -0.3 is 0 Å². The lowest BCUT2D eigenvalue weighted by molar-refractivity contribution is -0.159. The van der Waals surface area contributed by atoms with Gasteiger partial charge in [0.1, 0.15) is 4.87 Å². The Labute approximate surface area is 63.4 Å². The summed E-state index contributed by atoms with van der Waals surface area (Å²) < 4.78 is 35.7. The van der Waals surface area contributed by atoms with Gasteiger partial charge in [0.2, 0.25) is 0 Å². The fourth-order valence-electron chi connectivity index (χ4n) is 0.611. The van der Waals surface area contributed by atoms with Gasteiger partial charge in [-0.3, -0.25) is 0 Å². The molecule has 0 aliphatic heterocycles. The second kappa shape index (κ2) is 2.99. The fraction of sp³-hybridized carbons (Fsp3) is 1.00. The minimum atomic E-state index is -4.29. The Morgan fingerprint density at radius 2 is 1.70 bits per heavy atom. The smallest absolute Gasteiger partial charge is 0.169 e. The van der Waals surface area contributed by atoms with Crippen LogP contribution in [-0.4, -0.2) is 11.1 Å². The van der Waals surface area contributed by atoms with E-state index in [-0.39, 0.29) is 6.42 Å². The van der Waals surface area contributed by atoms with Gasteiger partial charge in [0, 0.05) is 0 Å². The van der Waals surface area contributed by atoms with E-state index in [0.717, 1.165) is 6.92 Å². The first-order chi connectivity index (χ1) is 4.31. The van der Waals surface area contributed by atoms with Crippen molar-refractivity contribution in [2.24, 2.45) is 0 Å². The zero-order valence-corrected chi connectivity index (χ0v) is 6.68. The quantitative estimate of drug-likeness (QED) is 0.564. The molecule has 10 heavy (non-hydrogen) atoms. The van der Waals surface area contributed by atoms with Crippen molar-refractivity contribution in [1.29, 1.82) is 0 Å². The summed E-state index contributed by atoms with van der Waals surface area (Å²) in [5, 5.41) is 0. The molecule has 0 aliphatic rings. The minimum Gasteiger partial charge on any atom is -0.169 e. The van der Waals surface area contributed by atoms with Crippen LogP contribution in [0.25, 0.3) is 0 Å². The Bertz CT molecular complexity index is 106. The number of hydrogen-bond acceptors (Lipinski definition) is 0. The van der Waals surface area contributed by atoms with Gasteiger partial charge in [0.05, 0.1) is 0 Å². The Kier molecular flexibility index (Phi) is 3.01.